The largest absolute Gasteiger partial charge is 0.376 e. The minimum absolute atomic E-state index is 0.244. The van der Waals surface area contributed by atoms with Gasteiger partial charge in [-0.05, 0) is 34.9 Å². The molecule has 0 radical (unpaired) electrons. The summed E-state index contributed by atoms with van der Waals surface area (Å²) in [5, 5.41) is 16.0. The molecule has 0 spiro atoms. The lowest BCUT2D eigenvalue weighted by atomic mass is 10.00. The molecule has 3 aromatic rings. The third kappa shape index (κ3) is 4.61. The lowest BCUT2D eigenvalue weighted by Crippen LogP contribution is -2.18. The van der Waals surface area contributed by atoms with Crippen molar-refractivity contribution in [2.75, 3.05) is 6.54 Å². The highest BCUT2D eigenvalue weighted by molar-refractivity contribution is 5.86. The van der Waals surface area contributed by atoms with Crippen LogP contribution in [0.25, 0.3) is 10.8 Å². The van der Waals surface area contributed by atoms with E-state index in [9.17, 15) is 5.11 Å². The summed E-state index contributed by atoms with van der Waals surface area (Å²) in [5.41, 5.74) is 2.11. The van der Waals surface area contributed by atoms with E-state index in [-0.39, 0.29) is 6.04 Å². The molecule has 0 saturated heterocycles. The van der Waals surface area contributed by atoms with Crippen molar-refractivity contribution < 1.29 is 5.11 Å². The molecular formula is C24H23NO. The number of aliphatic hydroxyl groups is 1. The maximum Gasteiger partial charge on any atom is 0.140 e. The molecule has 0 aliphatic carbocycles. The molecule has 2 heteroatoms. The van der Waals surface area contributed by atoms with Crippen LogP contribution in [-0.2, 0) is 0 Å². The summed E-state index contributed by atoms with van der Waals surface area (Å²) in [4.78, 5) is 0. The number of benzene rings is 3. The van der Waals surface area contributed by atoms with E-state index in [1.165, 1.54) is 16.3 Å². The SMILES string of the molecule is C[C@@H](NC/C=C/C#C[C@@H](O)c1ccccc1)c1cccc2ccccc12. The molecule has 3 aromatic carbocycles. The second-order valence-electron chi connectivity index (χ2n) is 6.20. The zero-order chi connectivity index (χ0) is 18.2. The van der Waals surface area contributed by atoms with Crippen molar-refractivity contribution >= 4 is 10.8 Å². The highest BCUT2D eigenvalue weighted by atomic mass is 16.3. The van der Waals surface area contributed by atoms with Gasteiger partial charge in [0.2, 0.25) is 0 Å². The number of fused-ring (bicyclic) bond motifs is 1. The molecule has 26 heavy (non-hydrogen) atoms. The zero-order valence-electron chi connectivity index (χ0n) is 14.9. The number of hydrogen-bond acceptors (Lipinski definition) is 2. The fraction of sp³-hybridized carbons (Fsp3) is 0.167. The number of hydrogen-bond donors (Lipinski definition) is 2. The predicted molar refractivity (Wildman–Crippen MR) is 109 cm³/mol. The molecule has 0 aliphatic heterocycles. The van der Waals surface area contributed by atoms with Crippen LogP contribution in [0.1, 0.15) is 30.2 Å². The van der Waals surface area contributed by atoms with Crippen LogP contribution >= 0.6 is 0 Å². The van der Waals surface area contributed by atoms with E-state index in [1.807, 2.05) is 36.4 Å². The standard InChI is InChI=1S/C24H23NO/c1-19(22-16-10-14-20-11-7-8-15-23(20)22)25-18-9-3-6-17-24(26)21-12-4-2-5-13-21/h2-5,7-16,19,24-26H,18H2,1H3/b9-3+/t19-,24-/m1/s1. The van der Waals surface area contributed by atoms with Crippen LogP contribution in [0.5, 0.6) is 0 Å². The summed E-state index contributed by atoms with van der Waals surface area (Å²) in [5.74, 6) is 5.74. The average molecular weight is 341 g/mol. The number of rotatable bonds is 5. The van der Waals surface area contributed by atoms with Crippen LogP contribution in [0.4, 0.5) is 0 Å². The Hall–Kier alpha value is -2.86. The molecule has 0 fully saturated rings. The topological polar surface area (TPSA) is 32.3 Å². The average Bonchev–Trinajstić information content (AvgIpc) is 2.70. The van der Waals surface area contributed by atoms with Crippen molar-refractivity contribution in [3.8, 4) is 11.8 Å². The van der Waals surface area contributed by atoms with E-state index in [4.69, 9.17) is 0 Å². The molecule has 0 unspecified atom stereocenters. The summed E-state index contributed by atoms with van der Waals surface area (Å²) < 4.78 is 0. The van der Waals surface area contributed by atoms with Crippen LogP contribution in [-0.4, -0.2) is 11.7 Å². The number of aliphatic hydroxyl groups excluding tert-OH is 1. The Labute approximate surface area is 155 Å². The van der Waals surface area contributed by atoms with Crippen molar-refractivity contribution in [3.05, 3.63) is 96.1 Å². The van der Waals surface area contributed by atoms with Crippen LogP contribution in [0, 0.1) is 11.8 Å². The summed E-state index contributed by atoms with van der Waals surface area (Å²) >= 11 is 0. The van der Waals surface area contributed by atoms with E-state index in [2.05, 4.69) is 66.5 Å². The van der Waals surface area contributed by atoms with Crippen molar-refractivity contribution in [1.29, 1.82) is 0 Å². The first kappa shape index (κ1) is 17.9. The minimum atomic E-state index is -0.747. The molecule has 0 heterocycles. The van der Waals surface area contributed by atoms with Gasteiger partial charge in [0, 0.05) is 12.6 Å². The molecule has 0 saturated carbocycles. The normalized spacial score (nSPS) is 13.3. The van der Waals surface area contributed by atoms with Crippen molar-refractivity contribution in [2.45, 2.75) is 19.1 Å². The first-order valence-electron chi connectivity index (χ1n) is 8.86. The van der Waals surface area contributed by atoms with Gasteiger partial charge in [0.1, 0.15) is 6.10 Å². The van der Waals surface area contributed by atoms with Crippen LogP contribution in [0.15, 0.2) is 84.9 Å². The molecule has 0 amide bonds. The van der Waals surface area contributed by atoms with Crippen LogP contribution in [0.2, 0.25) is 0 Å². The quantitative estimate of drug-likeness (QED) is 0.654. The molecule has 2 N–H and O–H groups in total. The highest BCUT2D eigenvalue weighted by Gasteiger charge is 2.07. The molecule has 2 atom stereocenters. The van der Waals surface area contributed by atoms with Crippen molar-refractivity contribution in [1.82, 2.24) is 5.32 Å². The van der Waals surface area contributed by atoms with E-state index >= 15 is 0 Å². The molecular weight excluding hydrogens is 318 g/mol. The van der Waals surface area contributed by atoms with Gasteiger partial charge in [-0.15, -0.1) is 0 Å². The van der Waals surface area contributed by atoms with Gasteiger partial charge in [0.25, 0.3) is 0 Å². The maximum atomic E-state index is 9.99. The smallest absolute Gasteiger partial charge is 0.140 e. The van der Waals surface area contributed by atoms with Crippen molar-refractivity contribution in [3.63, 3.8) is 0 Å². The summed E-state index contributed by atoms with van der Waals surface area (Å²) in [6.07, 6.45) is 3.02. The summed E-state index contributed by atoms with van der Waals surface area (Å²) in [6, 6.07) is 24.5. The maximum absolute atomic E-state index is 9.99. The Morgan fingerprint density at radius 2 is 1.69 bits per heavy atom. The van der Waals surface area contributed by atoms with Gasteiger partial charge in [-0.3, -0.25) is 0 Å². The first-order chi connectivity index (χ1) is 12.8. The number of allylic oxidation sites excluding steroid dienone is 1. The molecule has 2 nitrogen and oxygen atoms in total. The second kappa shape index (κ2) is 9.01. The fourth-order valence-electron chi connectivity index (χ4n) is 2.95. The Balaban J connectivity index is 1.55. The molecule has 0 aliphatic rings. The number of nitrogens with one attached hydrogen (secondary N) is 1. The molecule has 0 aromatic heterocycles. The molecule has 3 rings (SSSR count). The van der Waals surface area contributed by atoms with Crippen LogP contribution in [0.3, 0.4) is 0 Å². The van der Waals surface area contributed by atoms with Gasteiger partial charge in [-0.2, -0.15) is 0 Å². The Morgan fingerprint density at radius 1 is 0.962 bits per heavy atom. The first-order valence-corrected chi connectivity index (χ1v) is 8.86. The van der Waals surface area contributed by atoms with E-state index < -0.39 is 6.10 Å². The van der Waals surface area contributed by atoms with Crippen molar-refractivity contribution in [2.24, 2.45) is 0 Å². The van der Waals surface area contributed by atoms with Gasteiger partial charge >= 0.3 is 0 Å². The molecule has 130 valence electrons. The van der Waals surface area contributed by atoms with Gasteiger partial charge in [0.15, 0.2) is 0 Å². The van der Waals surface area contributed by atoms with Crippen LogP contribution < -0.4 is 5.32 Å². The Kier molecular flexibility index (Phi) is 6.22. The highest BCUT2D eigenvalue weighted by Crippen LogP contribution is 2.23. The third-order valence-corrected chi connectivity index (χ3v) is 4.37. The van der Waals surface area contributed by atoms with E-state index in [0.29, 0.717) is 0 Å². The second-order valence-corrected chi connectivity index (χ2v) is 6.20. The lowest BCUT2D eigenvalue weighted by molar-refractivity contribution is 0.238. The Bertz CT molecular complexity index is 929. The van der Waals surface area contributed by atoms with E-state index in [0.717, 1.165) is 12.1 Å². The Morgan fingerprint density at radius 3 is 2.54 bits per heavy atom. The summed E-state index contributed by atoms with van der Waals surface area (Å²) in [7, 11) is 0. The lowest BCUT2D eigenvalue weighted by Gasteiger charge is -2.15. The third-order valence-electron chi connectivity index (χ3n) is 4.37. The van der Waals surface area contributed by atoms with Gasteiger partial charge < -0.3 is 10.4 Å². The van der Waals surface area contributed by atoms with E-state index in [1.54, 1.807) is 6.08 Å². The minimum Gasteiger partial charge on any atom is -0.376 e. The monoisotopic (exact) mass is 341 g/mol. The van der Waals surface area contributed by atoms with Gasteiger partial charge in [-0.1, -0.05) is 90.7 Å². The van der Waals surface area contributed by atoms with Gasteiger partial charge in [0.05, 0.1) is 0 Å². The molecule has 0 bridgehead atoms. The predicted octanol–water partition coefficient (Wildman–Crippen LogP) is 4.78. The fourth-order valence-corrected chi connectivity index (χ4v) is 2.95. The van der Waals surface area contributed by atoms with Gasteiger partial charge in [-0.25, -0.2) is 0 Å². The summed E-state index contributed by atoms with van der Waals surface area (Å²) in [6.45, 7) is 2.89. The zero-order valence-corrected chi connectivity index (χ0v) is 14.9.